The van der Waals surface area contributed by atoms with Crippen LogP contribution in [0, 0.1) is 5.92 Å². The Bertz CT molecular complexity index is 203. The summed E-state index contributed by atoms with van der Waals surface area (Å²) in [7, 11) is 0. The van der Waals surface area contributed by atoms with Crippen LogP contribution in [-0.2, 0) is 0 Å². The third kappa shape index (κ3) is 1.10. The Hall–Kier alpha value is -0.310. The molecule has 0 amide bonds. The number of hydrogen-bond donors (Lipinski definition) is 1. The van der Waals surface area contributed by atoms with Gasteiger partial charge in [-0.2, -0.15) is 5.10 Å². The van der Waals surface area contributed by atoms with E-state index in [1.165, 1.54) is 18.4 Å². The van der Waals surface area contributed by atoms with Crippen LogP contribution in [0.15, 0.2) is 12.4 Å². The lowest BCUT2D eigenvalue weighted by atomic mass is 10.2. The Balaban J connectivity index is 2.11. The van der Waals surface area contributed by atoms with Crippen molar-refractivity contribution in [3.05, 3.63) is 18.0 Å². The Morgan fingerprint density at radius 3 is 3.00 bits per heavy atom. The van der Waals surface area contributed by atoms with Crippen LogP contribution >= 0.6 is 15.9 Å². The number of H-pyrrole nitrogens is 1. The number of rotatable bonds is 2. The average molecular weight is 201 g/mol. The second-order valence-electron chi connectivity index (χ2n) is 2.77. The maximum absolute atomic E-state index is 3.90. The molecule has 1 fully saturated rings. The number of aromatic amines is 1. The van der Waals surface area contributed by atoms with E-state index in [0.29, 0.717) is 4.83 Å². The maximum Gasteiger partial charge on any atom is 0.0530 e. The van der Waals surface area contributed by atoms with E-state index in [9.17, 15) is 0 Å². The van der Waals surface area contributed by atoms with E-state index in [1.807, 2.05) is 12.4 Å². The summed E-state index contributed by atoms with van der Waals surface area (Å²) in [6.45, 7) is 0. The van der Waals surface area contributed by atoms with Gasteiger partial charge in [-0.15, -0.1) is 0 Å². The second-order valence-corrected chi connectivity index (χ2v) is 3.76. The number of nitrogens with zero attached hydrogens (tertiary/aromatic N) is 1. The van der Waals surface area contributed by atoms with Gasteiger partial charge in [0, 0.05) is 16.6 Å². The minimum absolute atomic E-state index is 0.534. The third-order valence-electron chi connectivity index (χ3n) is 1.87. The SMILES string of the molecule is BrC(c1cn[nH]c1)C1CC1. The van der Waals surface area contributed by atoms with Gasteiger partial charge in [0.15, 0.2) is 0 Å². The van der Waals surface area contributed by atoms with E-state index < -0.39 is 0 Å². The van der Waals surface area contributed by atoms with Gasteiger partial charge in [0.25, 0.3) is 0 Å². The van der Waals surface area contributed by atoms with Gasteiger partial charge < -0.3 is 0 Å². The van der Waals surface area contributed by atoms with Crippen LogP contribution in [0.25, 0.3) is 0 Å². The summed E-state index contributed by atoms with van der Waals surface area (Å²) >= 11 is 3.63. The molecule has 54 valence electrons. The monoisotopic (exact) mass is 200 g/mol. The Kier molecular flexibility index (Phi) is 1.52. The van der Waals surface area contributed by atoms with E-state index in [-0.39, 0.29) is 0 Å². The fourth-order valence-corrected chi connectivity index (χ4v) is 1.85. The molecule has 1 unspecified atom stereocenters. The topological polar surface area (TPSA) is 28.7 Å². The Labute approximate surface area is 68.2 Å². The predicted octanol–water partition coefficient (Wildman–Crippen LogP) is 2.26. The predicted molar refractivity (Wildman–Crippen MR) is 43.0 cm³/mol. The van der Waals surface area contributed by atoms with E-state index in [1.54, 1.807) is 0 Å². The van der Waals surface area contributed by atoms with Crippen LogP contribution < -0.4 is 0 Å². The molecule has 0 bridgehead atoms. The van der Waals surface area contributed by atoms with Gasteiger partial charge >= 0.3 is 0 Å². The van der Waals surface area contributed by atoms with Crippen molar-refractivity contribution in [2.75, 3.05) is 0 Å². The van der Waals surface area contributed by atoms with Crippen LogP contribution in [0.1, 0.15) is 23.2 Å². The molecule has 1 heterocycles. The van der Waals surface area contributed by atoms with Gasteiger partial charge in [0.05, 0.1) is 6.20 Å². The fourth-order valence-electron chi connectivity index (χ4n) is 1.07. The molecule has 1 aromatic heterocycles. The lowest BCUT2D eigenvalue weighted by Crippen LogP contribution is -1.87. The van der Waals surface area contributed by atoms with Crippen LogP contribution in [0.4, 0.5) is 0 Å². The summed E-state index contributed by atoms with van der Waals surface area (Å²) in [5.74, 6) is 0.859. The molecule has 10 heavy (non-hydrogen) atoms. The molecule has 2 nitrogen and oxygen atoms in total. The van der Waals surface area contributed by atoms with Gasteiger partial charge in [-0.3, -0.25) is 5.10 Å². The molecular weight excluding hydrogens is 192 g/mol. The highest BCUT2D eigenvalue weighted by Crippen LogP contribution is 2.45. The van der Waals surface area contributed by atoms with Gasteiger partial charge in [0.2, 0.25) is 0 Å². The number of halogens is 1. The molecule has 0 saturated heterocycles. The van der Waals surface area contributed by atoms with Crippen molar-refractivity contribution in [2.24, 2.45) is 5.92 Å². The number of alkyl halides is 1. The molecule has 1 aromatic rings. The van der Waals surface area contributed by atoms with E-state index in [2.05, 4.69) is 26.1 Å². The van der Waals surface area contributed by atoms with Crippen molar-refractivity contribution in [1.29, 1.82) is 0 Å². The first-order valence-corrected chi connectivity index (χ1v) is 4.42. The number of hydrogen-bond acceptors (Lipinski definition) is 1. The molecule has 1 aliphatic rings. The Morgan fingerprint density at radius 2 is 2.50 bits per heavy atom. The van der Waals surface area contributed by atoms with Crippen LogP contribution in [-0.4, -0.2) is 10.2 Å². The van der Waals surface area contributed by atoms with Gasteiger partial charge in [-0.25, -0.2) is 0 Å². The largest absolute Gasteiger partial charge is 0.285 e. The van der Waals surface area contributed by atoms with Crippen molar-refractivity contribution >= 4 is 15.9 Å². The smallest absolute Gasteiger partial charge is 0.0530 e. The minimum Gasteiger partial charge on any atom is -0.285 e. The van der Waals surface area contributed by atoms with Crippen molar-refractivity contribution in [3.63, 3.8) is 0 Å². The summed E-state index contributed by atoms with van der Waals surface area (Å²) in [5.41, 5.74) is 1.28. The van der Waals surface area contributed by atoms with Crippen molar-refractivity contribution in [3.8, 4) is 0 Å². The van der Waals surface area contributed by atoms with Crippen LogP contribution in [0.5, 0.6) is 0 Å². The second kappa shape index (κ2) is 2.38. The highest BCUT2D eigenvalue weighted by molar-refractivity contribution is 9.09. The average Bonchev–Trinajstić information content (AvgIpc) is 2.65. The highest BCUT2D eigenvalue weighted by atomic mass is 79.9. The molecule has 0 radical (unpaired) electrons. The molecule has 1 N–H and O–H groups in total. The molecule has 3 heteroatoms. The number of nitrogens with one attached hydrogen (secondary N) is 1. The summed E-state index contributed by atoms with van der Waals surface area (Å²) < 4.78 is 0. The van der Waals surface area contributed by atoms with E-state index >= 15 is 0 Å². The fraction of sp³-hybridized carbons (Fsp3) is 0.571. The normalized spacial score (nSPS) is 20.9. The van der Waals surface area contributed by atoms with Crippen LogP contribution in [0.2, 0.25) is 0 Å². The van der Waals surface area contributed by atoms with Gasteiger partial charge in [-0.05, 0) is 18.8 Å². The van der Waals surface area contributed by atoms with Gasteiger partial charge in [-0.1, -0.05) is 15.9 Å². The van der Waals surface area contributed by atoms with E-state index in [4.69, 9.17) is 0 Å². The third-order valence-corrected chi connectivity index (χ3v) is 3.15. The molecule has 0 aromatic carbocycles. The zero-order valence-corrected chi connectivity index (χ0v) is 7.13. The lowest BCUT2D eigenvalue weighted by Gasteiger charge is -2.01. The van der Waals surface area contributed by atoms with Gasteiger partial charge in [0.1, 0.15) is 0 Å². The zero-order chi connectivity index (χ0) is 6.97. The first-order valence-electron chi connectivity index (χ1n) is 3.50. The quantitative estimate of drug-likeness (QED) is 0.730. The number of aromatic nitrogens is 2. The van der Waals surface area contributed by atoms with Crippen molar-refractivity contribution < 1.29 is 0 Å². The molecule has 1 aliphatic carbocycles. The van der Waals surface area contributed by atoms with E-state index in [0.717, 1.165) is 5.92 Å². The highest BCUT2D eigenvalue weighted by Gasteiger charge is 2.30. The molecule has 0 spiro atoms. The van der Waals surface area contributed by atoms with Crippen molar-refractivity contribution in [1.82, 2.24) is 10.2 Å². The molecule has 2 rings (SSSR count). The summed E-state index contributed by atoms with van der Waals surface area (Å²) in [6.07, 6.45) is 6.57. The first-order chi connectivity index (χ1) is 4.88. The standard InChI is InChI=1S/C7H9BrN2/c8-7(5-1-2-5)6-3-9-10-4-6/h3-5,7H,1-2H2,(H,9,10). The summed E-state index contributed by atoms with van der Waals surface area (Å²) in [4.78, 5) is 0.534. The van der Waals surface area contributed by atoms with Crippen LogP contribution in [0.3, 0.4) is 0 Å². The lowest BCUT2D eigenvalue weighted by molar-refractivity contribution is 0.823. The molecule has 1 atom stereocenters. The summed E-state index contributed by atoms with van der Waals surface area (Å²) in [5, 5.41) is 6.71. The van der Waals surface area contributed by atoms with Crippen molar-refractivity contribution in [2.45, 2.75) is 17.7 Å². The zero-order valence-electron chi connectivity index (χ0n) is 5.55. The Morgan fingerprint density at radius 1 is 1.70 bits per heavy atom. The minimum atomic E-state index is 0.534. The molecular formula is C7H9BrN2. The molecule has 1 saturated carbocycles. The summed E-state index contributed by atoms with van der Waals surface area (Å²) in [6, 6.07) is 0. The first kappa shape index (κ1) is 6.40. The maximum atomic E-state index is 3.90. The molecule has 0 aliphatic heterocycles.